The first kappa shape index (κ1) is 13.1. The first-order valence-electron chi connectivity index (χ1n) is 6.68. The minimum atomic E-state index is 0.0108. The number of hydrogen-bond acceptors (Lipinski definition) is 1. The summed E-state index contributed by atoms with van der Waals surface area (Å²) in [6.45, 7) is 2.28. The van der Waals surface area contributed by atoms with E-state index in [1.165, 1.54) is 42.1 Å². The maximum absolute atomic E-state index is 6.69. The lowest BCUT2D eigenvalue weighted by Crippen LogP contribution is -2.50. The summed E-state index contributed by atoms with van der Waals surface area (Å²) in [7, 11) is 0. The van der Waals surface area contributed by atoms with Crippen molar-refractivity contribution in [2.45, 2.75) is 51.0 Å². The van der Waals surface area contributed by atoms with E-state index < -0.39 is 0 Å². The summed E-state index contributed by atoms with van der Waals surface area (Å²) in [5.41, 5.74) is 8.06. The van der Waals surface area contributed by atoms with Crippen molar-refractivity contribution in [3.05, 3.63) is 34.3 Å². The quantitative estimate of drug-likeness (QED) is 0.884. The van der Waals surface area contributed by atoms with Crippen LogP contribution in [0.15, 0.2) is 28.7 Å². The van der Waals surface area contributed by atoms with Crippen LogP contribution in [0.25, 0.3) is 0 Å². The van der Waals surface area contributed by atoms with Gasteiger partial charge in [-0.3, -0.25) is 0 Å². The highest BCUT2D eigenvalue weighted by atomic mass is 79.9. The predicted molar refractivity (Wildman–Crippen MR) is 77.0 cm³/mol. The van der Waals surface area contributed by atoms with E-state index in [0.717, 1.165) is 6.42 Å². The van der Waals surface area contributed by atoms with Crippen LogP contribution >= 0.6 is 15.9 Å². The van der Waals surface area contributed by atoms with Gasteiger partial charge >= 0.3 is 0 Å². The molecule has 1 aromatic carbocycles. The van der Waals surface area contributed by atoms with Crippen molar-refractivity contribution in [2.24, 2.45) is 11.7 Å². The maximum atomic E-state index is 6.69. The molecule has 0 bridgehead atoms. The Labute approximate surface area is 113 Å². The third-order valence-electron chi connectivity index (χ3n) is 4.23. The Morgan fingerprint density at radius 2 is 2.12 bits per heavy atom. The van der Waals surface area contributed by atoms with E-state index in [1.54, 1.807) is 0 Å². The molecule has 0 amide bonds. The number of halogens is 1. The van der Waals surface area contributed by atoms with Crippen LogP contribution < -0.4 is 5.73 Å². The fourth-order valence-corrected chi connectivity index (χ4v) is 3.60. The molecule has 1 saturated carbocycles. The SMILES string of the molecule is CCC1CCCCC1(N)Cc1ccccc1Br. The Bertz CT molecular complexity index is 377. The number of hydrogen-bond donors (Lipinski definition) is 1. The van der Waals surface area contributed by atoms with Crippen molar-refractivity contribution in [2.75, 3.05) is 0 Å². The Morgan fingerprint density at radius 3 is 2.82 bits per heavy atom. The van der Waals surface area contributed by atoms with Gasteiger partial charge < -0.3 is 5.73 Å². The average Bonchev–Trinajstić information content (AvgIpc) is 2.32. The molecule has 2 N–H and O–H groups in total. The molecular formula is C15H22BrN. The van der Waals surface area contributed by atoms with Gasteiger partial charge in [-0.05, 0) is 36.8 Å². The predicted octanol–water partition coefficient (Wildman–Crippen LogP) is 4.29. The largest absolute Gasteiger partial charge is 0.325 e. The smallest absolute Gasteiger partial charge is 0.0224 e. The van der Waals surface area contributed by atoms with Gasteiger partial charge in [-0.15, -0.1) is 0 Å². The fourth-order valence-electron chi connectivity index (χ4n) is 3.18. The molecule has 2 heteroatoms. The van der Waals surface area contributed by atoms with Gasteiger partial charge in [0.15, 0.2) is 0 Å². The molecule has 1 aromatic rings. The molecule has 0 saturated heterocycles. The van der Waals surface area contributed by atoms with Gasteiger partial charge in [0.25, 0.3) is 0 Å². The minimum Gasteiger partial charge on any atom is -0.325 e. The normalized spacial score (nSPS) is 29.2. The second-order valence-electron chi connectivity index (χ2n) is 5.35. The Hall–Kier alpha value is -0.340. The fraction of sp³-hybridized carbons (Fsp3) is 0.600. The van der Waals surface area contributed by atoms with Crippen molar-refractivity contribution < 1.29 is 0 Å². The summed E-state index contributed by atoms with van der Waals surface area (Å²) in [6.07, 6.45) is 7.34. The molecule has 2 rings (SSSR count). The molecular weight excluding hydrogens is 274 g/mol. The van der Waals surface area contributed by atoms with Gasteiger partial charge in [0.2, 0.25) is 0 Å². The lowest BCUT2D eigenvalue weighted by Gasteiger charge is -2.41. The number of nitrogens with two attached hydrogens (primary N) is 1. The molecule has 1 aliphatic rings. The van der Waals surface area contributed by atoms with Crippen molar-refractivity contribution in [1.82, 2.24) is 0 Å². The third kappa shape index (κ3) is 2.92. The molecule has 2 unspecified atom stereocenters. The molecule has 2 atom stereocenters. The third-order valence-corrected chi connectivity index (χ3v) is 5.00. The molecule has 17 heavy (non-hydrogen) atoms. The van der Waals surface area contributed by atoms with Crippen LogP contribution in [0.4, 0.5) is 0 Å². The van der Waals surface area contributed by atoms with Crippen LogP contribution in [0, 0.1) is 5.92 Å². The van der Waals surface area contributed by atoms with Crippen LogP contribution in [0.5, 0.6) is 0 Å². The number of benzene rings is 1. The van der Waals surface area contributed by atoms with Crippen LogP contribution in [0.1, 0.15) is 44.6 Å². The molecule has 0 aliphatic heterocycles. The zero-order valence-corrected chi connectivity index (χ0v) is 12.2. The van der Waals surface area contributed by atoms with Crippen molar-refractivity contribution in [3.63, 3.8) is 0 Å². The van der Waals surface area contributed by atoms with E-state index in [1.807, 2.05) is 0 Å². The molecule has 1 nitrogen and oxygen atoms in total. The van der Waals surface area contributed by atoms with Crippen molar-refractivity contribution >= 4 is 15.9 Å². The lowest BCUT2D eigenvalue weighted by atomic mass is 9.69. The van der Waals surface area contributed by atoms with Gasteiger partial charge in [0, 0.05) is 10.0 Å². The molecule has 94 valence electrons. The van der Waals surface area contributed by atoms with Crippen LogP contribution in [0.2, 0.25) is 0 Å². The molecule has 0 heterocycles. The summed E-state index contributed by atoms with van der Waals surface area (Å²) in [6, 6.07) is 8.48. The van der Waals surface area contributed by atoms with Crippen LogP contribution in [0.3, 0.4) is 0 Å². The Balaban J connectivity index is 2.18. The lowest BCUT2D eigenvalue weighted by molar-refractivity contribution is 0.182. The molecule has 1 fully saturated rings. The zero-order valence-electron chi connectivity index (χ0n) is 10.6. The van der Waals surface area contributed by atoms with Gasteiger partial charge in [-0.1, -0.05) is 60.3 Å². The summed E-state index contributed by atoms with van der Waals surface area (Å²) >= 11 is 3.63. The van der Waals surface area contributed by atoms with E-state index in [4.69, 9.17) is 5.73 Å². The van der Waals surface area contributed by atoms with Gasteiger partial charge in [-0.2, -0.15) is 0 Å². The highest BCUT2D eigenvalue weighted by Crippen LogP contribution is 2.37. The van der Waals surface area contributed by atoms with Crippen molar-refractivity contribution in [1.29, 1.82) is 0 Å². The second kappa shape index (κ2) is 5.53. The van der Waals surface area contributed by atoms with E-state index >= 15 is 0 Å². The summed E-state index contributed by atoms with van der Waals surface area (Å²) < 4.78 is 1.20. The van der Waals surface area contributed by atoms with Crippen molar-refractivity contribution in [3.8, 4) is 0 Å². The summed E-state index contributed by atoms with van der Waals surface area (Å²) in [5.74, 6) is 0.684. The molecule has 0 radical (unpaired) electrons. The minimum absolute atomic E-state index is 0.0108. The average molecular weight is 296 g/mol. The van der Waals surface area contributed by atoms with E-state index in [-0.39, 0.29) is 5.54 Å². The molecule has 0 spiro atoms. The summed E-state index contributed by atoms with van der Waals surface area (Å²) in [4.78, 5) is 0. The first-order valence-corrected chi connectivity index (χ1v) is 7.47. The molecule has 1 aliphatic carbocycles. The van der Waals surface area contributed by atoms with Gasteiger partial charge in [0.05, 0.1) is 0 Å². The van der Waals surface area contributed by atoms with E-state index in [9.17, 15) is 0 Å². The van der Waals surface area contributed by atoms with Gasteiger partial charge in [-0.25, -0.2) is 0 Å². The van der Waals surface area contributed by atoms with Crippen LogP contribution in [-0.2, 0) is 6.42 Å². The number of rotatable bonds is 3. The molecule has 0 aromatic heterocycles. The topological polar surface area (TPSA) is 26.0 Å². The highest BCUT2D eigenvalue weighted by Gasteiger charge is 2.36. The maximum Gasteiger partial charge on any atom is 0.0224 e. The Morgan fingerprint density at radius 1 is 1.35 bits per heavy atom. The van der Waals surface area contributed by atoms with Crippen LogP contribution in [-0.4, -0.2) is 5.54 Å². The second-order valence-corrected chi connectivity index (χ2v) is 6.21. The Kier molecular flexibility index (Phi) is 4.26. The van der Waals surface area contributed by atoms with E-state index in [0.29, 0.717) is 5.92 Å². The van der Waals surface area contributed by atoms with E-state index in [2.05, 4.69) is 47.1 Å². The highest BCUT2D eigenvalue weighted by molar-refractivity contribution is 9.10. The standard InChI is InChI=1S/C15H22BrN/c1-2-13-8-5-6-10-15(13,17)11-12-7-3-4-9-14(12)16/h3-4,7,9,13H,2,5-6,8,10-11,17H2,1H3. The zero-order chi connectivity index (χ0) is 12.3. The summed E-state index contributed by atoms with van der Waals surface area (Å²) in [5, 5.41) is 0. The monoisotopic (exact) mass is 295 g/mol. The van der Waals surface area contributed by atoms with Gasteiger partial charge in [0.1, 0.15) is 0 Å². The first-order chi connectivity index (χ1) is 8.15.